The van der Waals surface area contributed by atoms with E-state index in [0.29, 0.717) is 6.42 Å². The lowest BCUT2D eigenvalue weighted by molar-refractivity contribution is -0.126. The van der Waals surface area contributed by atoms with Crippen molar-refractivity contribution in [1.82, 2.24) is 4.31 Å². The van der Waals surface area contributed by atoms with E-state index in [9.17, 15) is 18.3 Å². The molecule has 1 heterocycles. The Kier molecular flexibility index (Phi) is 3.27. The number of primary amides is 1. The molecule has 1 aliphatic heterocycles. The molecule has 0 saturated carbocycles. The van der Waals surface area contributed by atoms with Crippen molar-refractivity contribution in [2.24, 2.45) is 11.1 Å². The molecule has 1 fully saturated rings. The summed E-state index contributed by atoms with van der Waals surface area (Å²) in [4.78, 5) is 11.4. The van der Waals surface area contributed by atoms with Gasteiger partial charge in [0.05, 0.1) is 10.3 Å². The highest BCUT2D eigenvalue weighted by Gasteiger charge is 2.43. The number of hydrogen-bond acceptors (Lipinski definition) is 4. The maximum Gasteiger partial charge on any atom is 0.243 e. The fourth-order valence-corrected chi connectivity index (χ4v) is 3.66. The van der Waals surface area contributed by atoms with Gasteiger partial charge in [-0.25, -0.2) is 8.42 Å². The van der Waals surface area contributed by atoms with Gasteiger partial charge in [0.2, 0.25) is 15.9 Å². The van der Waals surface area contributed by atoms with Gasteiger partial charge in [-0.05, 0) is 37.6 Å². The van der Waals surface area contributed by atoms with E-state index in [0.717, 1.165) is 0 Å². The zero-order valence-corrected chi connectivity index (χ0v) is 11.4. The molecule has 0 bridgehead atoms. The number of sulfonamides is 1. The summed E-state index contributed by atoms with van der Waals surface area (Å²) >= 11 is 0. The van der Waals surface area contributed by atoms with Crippen molar-refractivity contribution in [1.29, 1.82) is 0 Å². The summed E-state index contributed by atoms with van der Waals surface area (Å²) in [5, 5.41) is 9.17. The Balaban J connectivity index is 2.28. The van der Waals surface area contributed by atoms with E-state index in [4.69, 9.17) is 5.73 Å². The largest absolute Gasteiger partial charge is 0.508 e. The molecular weight excluding hydrogens is 268 g/mol. The second-order valence-electron chi connectivity index (χ2n) is 5.01. The predicted molar refractivity (Wildman–Crippen MR) is 68.8 cm³/mol. The topological polar surface area (TPSA) is 101 Å². The zero-order chi connectivity index (χ0) is 14.3. The molecule has 3 N–H and O–H groups in total. The minimum absolute atomic E-state index is 0.00217. The van der Waals surface area contributed by atoms with E-state index in [2.05, 4.69) is 0 Å². The zero-order valence-electron chi connectivity index (χ0n) is 10.5. The molecule has 1 atom stereocenters. The second kappa shape index (κ2) is 4.50. The summed E-state index contributed by atoms with van der Waals surface area (Å²) in [6.45, 7) is 2.02. The molecule has 0 spiro atoms. The fourth-order valence-electron chi connectivity index (χ4n) is 2.09. The van der Waals surface area contributed by atoms with Crippen LogP contribution in [0.5, 0.6) is 5.75 Å². The fraction of sp³-hybridized carbons (Fsp3) is 0.417. The van der Waals surface area contributed by atoms with Crippen LogP contribution >= 0.6 is 0 Å². The molecule has 1 aliphatic rings. The molecule has 19 heavy (non-hydrogen) atoms. The van der Waals surface area contributed by atoms with E-state index >= 15 is 0 Å². The van der Waals surface area contributed by atoms with Gasteiger partial charge in [0, 0.05) is 13.1 Å². The Morgan fingerprint density at radius 1 is 1.37 bits per heavy atom. The lowest BCUT2D eigenvalue weighted by Gasteiger charge is -2.20. The van der Waals surface area contributed by atoms with Gasteiger partial charge >= 0.3 is 0 Å². The Morgan fingerprint density at radius 2 is 1.95 bits per heavy atom. The third kappa shape index (κ3) is 2.43. The summed E-state index contributed by atoms with van der Waals surface area (Å²) in [5.41, 5.74) is 4.49. The highest BCUT2D eigenvalue weighted by Crippen LogP contribution is 2.33. The molecule has 7 heteroatoms. The van der Waals surface area contributed by atoms with E-state index in [1.807, 2.05) is 0 Å². The number of nitrogens with two attached hydrogens (primary N) is 1. The third-order valence-electron chi connectivity index (χ3n) is 3.51. The molecule has 1 aromatic rings. The first-order valence-corrected chi connectivity index (χ1v) is 7.29. The highest BCUT2D eigenvalue weighted by molar-refractivity contribution is 7.89. The van der Waals surface area contributed by atoms with Crippen LogP contribution in [0, 0.1) is 5.41 Å². The minimum Gasteiger partial charge on any atom is -0.508 e. The van der Waals surface area contributed by atoms with E-state index in [1.165, 1.54) is 28.6 Å². The average molecular weight is 284 g/mol. The molecule has 2 rings (SSSR count). The van der Waals surface area contributed by atoms with Gasteiger partial charge in [-0.2, -0.15) is 4.31 Å². The number of rotatable bonds is 3. The normalized spacial score (nSPS) is 24.5. The summed E-state index contributed by atoms with van der Waals surface area (Å²) in [6, 6.07) is 5.31. The second-order valence-corrected chi connectivity index (χ2v) is 6.95. The number of phenols is 1. The van der Waals surface area contributed by atoms with Gasteiger partial charge in [-0.15, -0.1) is 0 Å². The first-order chi connectivity index (χ1) is 8.75. The maximum atomic E-state index is 12.3. The average Bonchev–Trinajstić information content (AvgIpc) is 2.75. The smallest absolute Gasteiger partial charge is 0.243 e. The van der Waals surface area contributed by atoms with Crippen LogP contribution in [0.4, 0.5) is 0 Å². The first kappa shape index (κ1) is 13.8. The quantitative estimate of drug-likeness (QED) is 0.832. The number of carbonyl (C=O) groups is 1. The van der Waals surface area contributed by atoms with Crippen LogP contribution in [0.1, 0.15) is 13.3 Å². The van der Waals surface area contributed by atoms with Crippen molar-refractivity contribution in [2.75, 3.05) is 13.1 Å². The van der Waals surface area contributed by atoms with E-state index in [1.54, 1.807) is 6.92 Å². The number of aromatic hydroxyl groups is 1. The Morgan fingerprint density at radius 3 is 2.42 bits per heavy atom. The van der Waals surface area contributed by atoms with Crippen molar-refractivity contribution >= 4 is 15.9 Å². The van der Waals surface area contributed by atoms with Crippen LogP contribution < -0.4 is 5.73 Å². The van der Waals surface area contributed by atoms with Crippen molar-refractivity contribution in [3.8, 4) is 5.75 Å². The maximum absolute atomic E-state index is 12.3. The number of nitrogens with zero attached hydrogens (tertiary/aromatic N) is 1. The van der Waals surface area contributed by atoms with Crippen LogP contribution in [-0.2, 0) is 14.8 Å². The van der Waals surface area contributed by atoms with Crippen molar-refractivity contribution in [2.45, 2.75) is 18.2 Å². The molecule has 0 aliphatic carbocycles. The summed E-state index contributed by atoms with van der Waals surface area (Å²) < 4.78 is 26.0. The standard InChI is InChI=1S/C12H16N2O4S/c1-12(11(13)16)6-7-14(8-12)19(17,18)10-4-2-9(15)3-5-10/h2-5,15H,6-8H2,1H3,(H2,13,16). The summed E-state index contributed by atoms with van der Waals surface area (Å²) in [5.74, 6) is -0.488. The molecule has 0 aromatic heterocycles. The van der Waals surface area contributed by atoms with Crippen molar-refractivity contribution < 1.29 is 18.3 Å². The molecule has 104 valence electrons. The molecule has 1 amide bonds. The lowest BCUT2D eigenvalue weighted by atomic mass is 9.89. The first-order valence-electron chi connectivity index (χ1n) is 5.85. The number of benzene rings is 1. The Hall–Kier alpha value is -1.60. The molecular formula is C12H16N2O4S. The van der Waals surface area contributed by atoms with Gasteiger partial charge in [0.25, 0.3) is 0 Å². The number of hydrogen-bond donors (Lipinski definition) is 2. The highest BCUT2D eigenvalue weighted by atomic mass is 32.2. The van der Waals surface area contributed by atoms with Crippen molar-refractivity contribution in [3.63, 3.8) is 0 Å². The Bertz CT molecular complexity index is 597. The number of carbonyl (C=O) groups excluding carboxylic acids is 1. The van der Waals surface area contributed by atoms with Gasteiger partial charge < -0.3 is 10.8 Å². The molecule has 0 radical (unpaired) electrons. The van der Waals surface area contributed by atoms with Gasteiger partial charge in [0.15, 0.2) is 0 Å². The number of amides is 1. The summed E-state index contributed by atoms with van der Waals surface area (Å²) in [7, 11) is -3.65. The van der Waals surface area contributed by atoms with E-state index < -0.39 is 21.3 Å². The number of phenolic OH excluding ortho intramolecular Hbond substituents is 1. The van der Waals surface area contributed by atoms with Crippen LogP contribution in [0.15, 0.2) is 29.2 Å². The monoisotopic (exact) mass is 284 g/mol. The SMILES string of the molecule is CC1(C(N)=O)CCN(S(=O)(=O)c2ccc(O)cc2)C1. The molecule has 1 unspecified atom stereocenters. The van der Waals surface area contributed by atoms with Crippen LogP contribution in [-0.4, -0.2) is 36.8 Å². The predicted octanol–water partition coefficient (Wildman–Crippen LogP) is 0.278. The van der Waals surface area contributed by atoms with Gasteiger partial charge in [-0.1, -0.05) is 0 Å². The molecule has 1 aromatic carbocycles. The lowest BCUT2D eigenvalue weighted by Crippen LogP contribution is -2.38. The Labute approximate surface area is 111 Å². The molecule has 1 saturated heterocycles. The van der Waals surface area contributed by atoms with Crippen LogP contribution in [0.2, 0.25) is 0 Å². The molecule has 6 nitrogen and oxygen atoms in total. The minimum atomic E-state index is -3.65. The van der Waals surface area contributed by atoms with Crippen LogP contribution in [0.3, 0.4) is 0 Å². The van der Waals surface area contributed by atoms with E-state index in [-0.39, 0.29) is 23.7 Å². The van der Waals surface area contributed by atoms with Gasteiger partial charge in [0.1, 0.15) is 5.75 Å². The summed E-state index contributed by atoms with van der Waals surface area (Å²) in [6.07, 6.45) is 0.416. The van der Waals surface area contributed by atoms with Crippen molar-refractivity contribution in [3.05, 3.63) is 24.3 Å². The van der Waals surface area contributed by atoms with Gasteiger partial charge in [-0.3, -0.25) is 4.79 Å². The third-order valence-corrected chi connectivity index (χ3v) is 5.37. The van der Waals surface area contributed by atoms with Crippen LogP contribution in [0.25, 0.3) is 0 Å².